The Morgan fingerprint density at radius 1 is 1.37 bits per heavy atom. The number of hydrogen-bond donors (Lipinski definition) is 1. The SMILES string of the molecule is CC1(C)CC(Cc2c(F)ccc(Br)c2F)=CC(O)C1. The van der Waals surface area contributed by atoms with Crippen LogP contribution in [0.25, 0.3) is 0 Å². The van der Waals surface area contributed by atoms with Crippen molar-refractivity contribution in [2.24, 2.45) is 5.41 Å². The summed E-state index contributed by atoms with van der Waals surface area (Å²) in [4.78, 5) is 0. The summed E-state index contributed by atoms with van der Waals surface area (Å²) < 4.78 is 27.9. The summed E-state index contributed by atoms with van der Waals surface area (Å²) in [7, 11) is 0. The molecule has 0 spiro atoms. The van der Waals surface area contributed by atoms with Crippen molar-refractivity contribution in [1.29, 1.82) is 0 Å². The zero-order chi connectivity index (χ0) is 14.2. The highest BCUT2D eigenvalue weighted by Gasteiger charge is 2.28. The fourth-order valence-electron chi connectivity index (χ4n) is 2.72. The van der Waals surface area contributed by atoms with Gasteiger partial charge in [-0.1, -0.05) is 25.5 Å². The van der Waals surface area contributed by atoms with Gasteiger partial charge in [-0.05, 0) is 52.7 Å². The first-order chi connectivity index (χ1) is 8.78. The van der Waals surface area contributed by atoms with Crippen LogP contribution in [0.15, 0.2) is 28.3 Å². The molecule has 0 heterocycles. The summed E-state index contributed by atoms with van der Waals surface area (Å²) in [6.45, 7) is 4.10. The Morgan fingerprint density at radius 3 is 2.68 bits per heavy atom. The number of hydrogen-bond acceptors (Lipinski definition) is 1. The Bertz CT molecular complexity index is 523. The molecule has 1 aliphatic carbocycles. The lowest BCUT2D eigenvalue weighted by Crippen LogP contribution is -2.25. The van der Waals surface area contributed by atoms with Gasteiger partial charge >= 0.3 is 0 Å². The van der Waals surface area contributed by atoms with Crippen molar-refractivity contribution < 1.29 is 13.9 Å². The van der Waals surface area contributed by atoms with Crippen molar-refractivity contribution in [2.75, 3.05) is 0 Å². The van der Waals surface area contributed by atoms with Crippen LogP contribution in [0.4, 0.5) is 8.78 Å². The summed E-state index contributed by atoms with van der Waals surface area (Å²) in [5.74, 6) is -1.10. The molecule has 0 aliphatic heterocycles. The number of aliphatic hydroxyl groups excluding tert-OH is 1. The molecule has 104 valence electrons. The lowest BCUT2D eigenvalue weighted by atomic mass is 9.75. The lowest BCUT2D eigenvalue weighted by Gasteiger charge is -2.32. The average Bonchev–Trinajstić information content (AvgIpc) is 2.27. The molecule has 0 radical (unpaired) electrons. The Morgan fingerprint density at radius 2 is 2.05 bits per heavy atom. The molecule has 1 aromatic rings. The molecular weight excluding hydrogens is 314 g/mol. The van der Waals surface area contributed by atoms with Crippen LogP contribution in [0.2, 0.25) is 0 Å². The molecule has 1 unspecified atom stereocenters. The number of allylic oxidation sites excluding steroid dienone is 1. The van der Waals surface area contributed by atoms with E-state index in [9.17, 15) is 13.9 Å². The van der Waals surface area contributed by atoms with E-state index in [0.717, 1.165) is 12.0 Å². The van der Waals surface area contributed by atoms with Gasteiger partial charge in [-0.25, -0.2) is 8.78 Å². The van der Waals surface area contributed by atoms with Crippen molar-refractivity contribution in [3.8, 4) is 0 Å². The van der Waals surface area contributed by atoms with E-state index in [4.69, 9.17) is 0 Å². The minimum absolute atomic E-state index is 0.0392. The molecule has 0 saturated heterocycles. The third kappa shape index (κ3) is 3.42. The van der Waals surface area contributed by atoms with Crippen LogP contribution in [0, 0.1) is 17.0 Å². The zero-order valence-corrected chi connectivity index (χ0v) is 12.6. The van der Waals surface area contributed by atoms with Crippen LogP contribution in [0.5, 0.6) is 0 Å². The Hall–Kier alpha value is -0.740. The van der Waals surface area contributed by atoms with Gasteiger partial charge < -0.3 is 5.11 Å². The van der Waals surface area contributed by atoms with E-state index in [2.05, 4.69) is 29.8 Å². The molecule has 4 heteroatoms. The van der Waals surface area contributed by atoms with Gasteiger partial charge in [0.05, 0.1) is 10.6 Å². The van der Waals surface area contributed by atoms with E-state index in [1.165, 1.54) is 12.1 Å². The van der Waals surface area contributed by atoms with Crippen LogP contribution in [0.3, 0.4) is 0 Å². The lowest BCUT2D eigenvalue weighted by molar-refractivity contribution is 0.138. The van der Waals surface area contributed by atoms with Gasteiger partial charge in [-0.15, -0.1) is 0 Å². The quantitative estimate of drug-likeness (QED) is 0.630. The molecular formula is C15H17BrF2O. The predicted octanol–water partition coefficient (Wildman–Crippen LogP) is 4.38. The van der Waals surface area contributed by atoms with Crippen LogP contribution in [0.1, 0.15) is 32.3 Å². The van der Waals surface area contributed by atoms with Crippen LogP contribution in [-0.4, -0.2) is 11.2 Å². The van der Waals surface area contributed by atoms with Crippen molar-refractivity contribution in [3.05, 3.63) is 45.5 Å². The van der Waals surface area contributed by atoms with E-state index in [1.807, 2.05) is 0 Å². The van der Waals surface area contributed by atoms with Crippen molar-refractivity contribution in [3.63, 3.8) is 0 Å². The van der Waals surface area contributed by atoms with Gasteiger partial charge in [0, 0.05) is 5.56 Å². The highest BCUT2D eigenvalue weighted by Crippen LogP contribution is 2.37. The molecule has 1 nitrogen and oxygen atoms in total. The first kappa shape index (κ1) is 14.7. The second kappa shape index (κ2) is 5.33. The van der Waals surface area contributed by atoms with Crippen LogP contribution < -0.4 is 0 Å². The van der Waals surface area contributed by atoms with Gasteiger partial charge in [0.2, 0.25) is 0 Å². The standard InChI is InChI=1S/C15H17BrF2O/c1-15(2)7-9(5-10(19)8-15)6-11-13(17)4-3-12(16)14(11)18/h3-5,10,19H,6-8H2,1-2H3. The number of benzene rings is 1. The fraction of sp³-hybridized carbons (Fsp3) is 0.467. The van der Waals surface area contributed by atoms with E-state index in [1.54, 1.807) is 6.08 Å². The topological polar surface area (TPSA) is 20.2 Å². The summed E-state index contributed by atoms with van der Waals surface area (Å²) in [5.41, 5.74) is 0.910. The molecule has 0 aromatic heterocycles. The smallest absolute Gasteiger partial charge is 0.143 e. The highest BCUT2D eigenvalue weighted by molar-refractivity contribution is 9.10. The monoisotopic (exact) mass is 330 g/mol. The third-order valence-electron chi connectivity index (χ3n) is 3.44. The second-order valence-electron chi connectivity index (χ2n) is 5.94. The molecule has 1 aromatic carbocycles. The maximum Gasteiger partial charge on any atom is 0.143 e. The first-order valence-corrected chi connectivity index (χ1v) is 7.08. The van der Waals surface area contributed by atoms with Gasteiger partial charge in [0.1, 0.15) is 11.6 Å². The average molecular weight is 331 g/mol. The Balaban J connectivity index is 2.29. The van der Waals surface area contributed by atoms with Crippen molar-refractivity contribution >= 4 is 15.9 Å². The normalized spacial score (nSPS) is 22.2. The number of aliphatic hydroxyl groups is 1. The number of rotatable bonds is 2. The maximum atomic E-state index is 13.9. The largest absolute Gasteiger partial charge is 0.389 e. The van der Waals surface area contributed by atoms with E-state index < -0.39 is 17.7 Å². The Labute approximate surface area is 120 Å². The minimum atomic E-state index is -0.557. The molecule has 1 aliphatic rings. The van der Waals surface area contributed by atoms with E-state index in [0.29, 0.717) is 6.42 Å². The van der Waals surface area contributed by atoms with Gasteiger partial charge in [-0.3, -0.25) is 0 Å². The Kier molecular flexibility index (Phi) is 4.11. The second-order valence-corrected chi connectivity index (χ2v) is 6.79. The molecule has 0 amide bonds. The van der Waals surface area contributed by atoms with E-state index >= 15 is 0 Å². The van der Waals surface area contributed by atoms with Crippen molar-refractivity contribution in [1.82, 2.24) is 0 Å². The molecule has 0 bridgehead atoms. The first-order valence-electron chi connectivity index (χ1n) is 6.28. The predicted molar refractivity (Wildman–Crippen MR) is 74.9 cm³/mol. The zero-order valence-electron chi connectivity index (χ0n) is 11.0. The molecule has 0 fully saturated rings. The summed E-state index contributed by atoms with van der Waals surface area (Å²) >= 11 is 3.07. The van der Waals surface area contributed by atoms with Crippen LogP contribution >= 0.6 is 15.9 Å². The molecule has 1 N–H and O–H groups in total. The van der Waals surface area contributed by atoms with E-state index in [-0.39, 0.29) is 21.9 Å². The fourth-order valence-corrected chi connectivity index (χ4v) is 3.09. The summed E-state index contributed by atoms with van der Waals surface area (Å²) in [5, 5.41) is 9.81. The summed E-state index contributed by atoms with van der Waals surface area (Å²) in [6, 6.07) is 2.62. The summed E-state index contributed by atoms with van der Waals surface area (Å²) in [6.07, 6.45) is 2.83. The molecule has 0 saturated carbocycles. The molecule has 2 rings (SSSR count). The minimum Gasteiger partial charge on any atom is -0.389 e. The third-order valence-corrected chi connectivity index (χ3v) is 4.05. The van der Waals surface area contributed by atoms with Crippen LogP contribution in [-0.2, 0) is 6.42 Å². The van der Waals surface area contributed by atoms with Gasteiger partial charge in [0.25, 0.3) is 0 Å². The molecule has 1 atom stereocenters. The molecule has 19 heavy (non-hydrogen) atoms. The highest BCUT2D eigenvalue weighted by atomic mass is 79.9. The van der Waals surface area contributed by atoms with Gasteiger partial charge in [0.15, 0.2) is 0 Å². The maximum absolute atomic E-state index is 13.9. The van der Waals surface area contributed by atoms with Crippen molar-refractivity contribution in [2.45, 2.75) is 39.2 Å². The number of halogens is 3. The van der Waals surface area contributed by atoms with Gasteiger partial charge in [-0.2, -0.15) is 0 Å².